The van der Waals surface area contributed by atoms with E-state index in [1.807, 2.05) is 25.1 Å². The van der Waals surface area contributed by atoms with Crippen molar-refractivity contribution in [2.75, 3.05) is 13.1 Å². The van der Waals surface area contributed by atoms with Crippen LogP contribution in [0.3, 0.4) is 0 Å². The zero-order chi connectivity index (χ0) is 22.1. The molecule has 166 valence electrons. The average Bonchev–Trinajstić information content (AvgIpc) is 3.44. The number of nitrogens with zero attached hydrogens (tertiary/aromatic N) is 4. The zero-order valence-corrected chi connectivity index (χ0v) is 18.9. The molecule has 0 fully saturated rings. The van der Waals surface area contributed by atoms with Gasteiger partial charge in [-0.05, 0) is 44.0 Å². The molecule has 0 saturated heterocycles. The van der Waals surface area contributed by atoms with Gasteiger partial charge in [-0.25, -0.2) is 4.99 Å². The number of guanidine groups is 1. The lowest BCUT2D eigenvalue weighted by atomic mass is 9.99. The van der Waals surface area contributed by atoms with Gasteiger partial charge in [0.05, 0.1) is 5.69 Å². The topological polar surface area (TPSA) is 101 Å². The first-order valence-electron chi connectivity index (χ1n) is 10.7. The second-order valence-electron chi connectivity index (χ2n) is 7.12. The van der Waals surface area contributed by atoms with Crippen LogP contribution in [0.5, 0.6) is 0 Å². The van der Waals surface area contributed by atoms with E-state index >= 15 is 0 Å². The number of nitrogens with one attached hydrogen (secondary N) is 2. The van der Waals surface area contributed by atoms with Crippen molar-refractivity contribution >= 4 is 17.6 Å². The third kappa shape index (κ3) is 6.55. The van der Waals surface area contributed by atoms with E-state index in [4.69, 9.17) is 20.6 Å². The molecule has 3 rings (SSSR count). The van der Waals surface area contributed by atoms with Gasteiger partial charge in [0.15, 0.2) is 11.7 Å². The van der Waals surface area contributed by atoms with Crippen molar-refractivity contribution < 1.29 is 9.05 Å². The minimum atomic E-state index is 0.420. The summed E-state index contributed by atoms with van der Waals surface area (Å²) in [7, 11) is 0. The van der Waals surface area contributed by atoms with Gasteiger partial charge in [0.1, 0.15) is 6.54 Å². The molecule has 0 spiro atoms. The van der Waals surface area contributed by atoms with Gasteiger partial charge in [0.25, 0.3) is 0 Å². The van der Waals surface area contributed by atoms with Gasteiger partial charge in [0, 0.05) is 42.1 Å². The van der Waals surface area contributed by atoms with Gasteiger partial charge in [-0.1, -0.05) is 35.8 Å². The van der Waals surface area contributed by atoms with Crippen molar-refractivity contribution in [3.8, 4) is 11.4 Å². The Kier molecular flexibility index (Phi) is 8.46. The molecule has 2 heterocycles. The number of hydrogen-bond donors (Lipinski definition) is 2. The lowest BCUT2D eigenvalue weighted by Crippen LogP contribution is -2.38. The van der Waals surface area contributed by atoms with E-state index in [2.05, 4.69) is 44.8 Å². The van der Waals surface area contributed by atoms with Gasteiger partial charge >= 0.3 is 0 Å². The summed E-state index contributed by atoms with van der Waals surface area (Å²) >= 11 is 5.92. The lowest BCUT2D eigenvalue weighted by Gasteiger charge is -2.09. The standard InChI is InChI=1S/C22H29ClN6O2/c1-4-15(5-2)19-13-18(30-28-19)14-26-22(24-6-3)25-12-11-20-27-21(29-31-20)16-7-9-17(23)10-8-16/h7-10,13,15H,4-6,11-12,14H2,1-3H3,(H2,24,25,26). The predicted molar refractivity (Wildman–Crippen MR) is 121 cm³/mol. The fraction of sp³-hybridized carbons (Fsp3) is 0.455. The molecule has 0 unspecified atom stereocenters. The number of benzene rings is 1. The molecule has 0 aliphatic heterocycles. The fourth-order valence-corrected chi connectivity index (χ4v) is 3.29. The van der Waals surface area contributed by atoms with E-state index < -0.39 is 0 Å². The van der Waals surface area contributed by atoms with E-state index in [1.54, 1.807) is 12.1 Å². The Labute approximate surface area is 187 Å². The maximum absolute atomic E-state index is 5.92. The van der Waals surface area contributed by atoms with Crippen LogP contribution >= 0.6 is 11.6 Å². The number of aliphatic imine (C=N–C) groups is 1. The first-order valence-corrected chi connectivity index (χ1v) is 11.1. The normalized spacial score (nSPS) is 11.8. The molecule has 2 aromatic heterocycles. The number of rotatable bonds is 10. The Morgan fingerprint density at radius 3 is 2.55 bits per heavy atom. The minimum absolute atomic E-state index is 0.420. The average molecular weight is 445 g/mol. The molecule has 2 N–H and O–H groups in total. The molecule has 0 saturated carbocycles. The molecule has 0 amide bonds. The highest BCUT2D eigenvalue weighted by Crippen LogP contribution is 2.22. The first kappa shape index (κ1) is 22.8. The molecule has 1 aromatic carbocycles. The highest BCUT2D eigenvalue weighted by molar-refractivity contribution is 6.30. The van der Waals surface area contributed by atoms with Crippen LogP contribution in [0, 0.1) is 0 Å². The van der Waals surface area contributed by atoms with Gasteiger partial charge in [-0.2, -0.15) is 4.98 Å². The van der Waals surface area contributed by atoms with Gasteiger partial charge < -0.3 is 19.7 Å². The Morgan fingerprint density at radius 2 is 1.84 bits per heavy atom. The molecular formula is C22H29ClN6O2. The van der Waals surface area contributed by atoms with Crippen LogP contribution < -0.4 is 10.6 Å². The van der Waals surface area contributed by atoms with Crippen molar-refractivity contribution in [3.05, 3.63) is 52.7 Å². The maximum Gasteiger partial charge on any atom is 0.228 e. The summed E-state index contributed by atoms with van der Waals surface area (Å²) in [5, 5.41) is 15.4. The summed E-state index contributed by atoms with van der Waals surface area (Å²) in [5.41, 5.74) is 1.86. The summed E-state index contributed by atoms with van der Waals surface area (Å²) < 4.78 is 10.8. The second-order valence-corrected chi connectivity index (χ2v) is 7.56. The minimum Gasteiger partial charge on any atom is -0.359 e. The molecule has 8 nitrogen and oxygen atoms in total. The van der Waals surface area contributed by atoms with Crippen LogP contribution in [-0.4, -0.2) is 34.3 Å². The summed E-state index contributed by atoms with van der Waals surface area (Å²) in [4.78, 5) is 9.02. The number of aromatic nitrogens is 3. The van der Waals surface area contributed by atoms with Crippen molar-refractivity contribution in [2.24, 2.45) is 4.99 Å². The van der Waals surface area contributed by atoms with Crippen LogP contribution in [0.2, 0.25) is 5.02 Å². The van der Waals surface area contributed by atoms with E-state index in [9.17, 15) is 0 Å². The highest BCUT2D eigenvalue weighted by atomic mass is 35.5. The first-order chi connectivity index (χ1) is 15.1. The molecule has 0 aliphatic rings. The molecule has 0 radical (unpaired) electrons. The molecular weight excluding hydrogens is 416 g/mol. The maximum atomic E-state index is 5.92. The van der Waals surface area contributed by atoms with Crippen molar-refractivity contribution in [2.45, 2.75) is 52.5 Å². The van der Waals surface area contributed by atoms with Crippen molar-refractivity contribution in [1.29, 1.82) is 0 Å². The molecule has 3 aromatic rings. The quantitative estimate of drug-likeness (QED) is 0.348. The SMILES string of the molecule is CCNC(=NCc1cc(C(CC)CC)no1)NCCc1nc(-c2ccc(Cl)cc2)no1. The predicted octanol–water partition coefficient (Wildman–Crippen LogP) is 4.58. The van der Waals surface area contributed by atoms with Crippen molar-refractivity contribution in [1.82, 2.24) is 25.9 Å². The zero-order valence-electron chi connectivity index (χ0n) is 18.2. The Balaban J connectivity index is 1.53. The molecule has 0 aliphatic carbocycles. The number of hydrogen-bond acceptors (Lipinski definition) is 6. The monoisotopic (exact) mass is 444 g/mol. The molecule has 0 atom stereocenters. The van der Waals surface area contributed by atoms with Crippen molar-refractivity contribution in [3.63, 3.8) is 0 Å². The van der Waals surface area contributed by atoms with Crippen LogP contribution in [0.15, 0.2) is 44.4 Å². The Hall–Kier alpha value is -2.87. The van der Waals surface area contributed by atoms with Gasteiger partial charge in [-0.3, -0.25) is 0 Å². The number of halogens is 1. The van der Waals surface area contributed by atoms with Gasteiger partial charge in [0.2, 0.25) is 11.7 Å². The molecule has 9 heteroatoms. The van der Waals surface area contributed by atoms with E-state index in [0.29, 0.717) is 48.1 Å². The smallest absolute Gasteiger partial charge is 0.228 e. The summed E-state index contributed by atoms with van der Waals surface area (Å²) in [6.45, 7) is 8.12. The van der Waals surface area contributed by atoms with Crippen LogP contribution in [0.4, 0.5) is 0 Å². The van der Waals surface area contributed by atoms with Crippen LogP contribution in [-0.2, 0) is 13.0 Å². The van der Waals surface area contributed by atoms with E-state index in [1.165, 1.54) is 0 Å². The third-order valence-corrected chi connectivity index (χ3v) is 5.17. The second kappa shape index (κ2) is 11.5. The largest absolute Gasteiger partial charge is 0.359 e. The summed E-state index contributed by atoms with van der Waals surface area (Å²) in [6, 6.07) is 9.33. The van der Waals surface area contributed by atoms with Crippen LogP contribution in [0.25, 0.3) is 11.4 Å². The van der Waals surface area contributed by atoms with E-state index in [-0.39, 0.29) is 0 Å². The molecule has 31 heavy (non-hydrogen) atoms. The van der Waals surface area contributed by atoms with E-state index in [0.717, 1.165) is 36.4 Å². The Bertz CT molecular complexity index is 963. The lowest BCUT2D eigenvalue weighted by molar-refractivity contribution is 0.372. The summed E-state index contributed by atoms with van der Waals surface area (Å²) in [6.07, 6.45) is 2.67. The fourth-order valence-electron chi connectivity index (χ4n) is 3.16. The third-order valence-electron chi connectivity index (χ3n) is 4.92. The van der Waals surface area contributed by atoms with Crippen LogP contribution in [0.1, 0.15) is 56.9 Å². The highest BCUT2D eigenvalue weighted by Gasteiger charge is 2.13. The summed E-state index contributed by atoms with van der Waals surface area (Å²) in [5.74, 6) is 2.98. The molecule has 0 bridgehead atoms. The van der Waals surface area contributed by atoms with Gasteiger partial charge in [-0.15, -0.1) is 0 Å². The Morgan fingerprint density at radius 1 is 1.06 bits per heavy atom.